The molecule has 21 heavy (non-hydrogen) atoms. The third-order valence-electron chi connectivity index (χ3n) is 3.95. The number of methoxy groups -OCH3 is 1. The number of hydrogen-bond donors (Lipinski definition) is 2. The van der Waals surface area contributed by atoms with Crippen molar-refractivity contribution in [2.24, 2.45) is 5.92 Å². The summed E-state index contributed by atoms with van der Waals surface area (Å²) in [5.41, 5.74) is 0. The minimum atomic E-state index is -0.511. The molecule has 1 saturated carbocycles. The zero-order chi connectivity index (χ0) is 15.1. The fourth-order valence-corrected chi connectivity index (χ4v) is 2.44. The first-order valence-electron chi connectivity index (χ1n) is 7.90. The molecule has 0 heterocycles. The summed E-state index contributed by atoms with van der Waals surface area (Å²) in [7, 11) is 1.61. The molecule has 1 aliphatic carbocycles. The maximum Gasteiger partial charge on any atom is 0.161 e. The average Bonchev–Trinajstić information content (AvgIpc) is 3.33. The largest absolute Gasteiger partial charge is 0.493 e. The van der Waals surface area contributed by atoms with Gasteiger partial charge in [-0.1, -0.05) is 31.9 Å². The van der Waals surface area contributed by atoms with Gasteiger partial charge < -0.3 is 19.9 Å². The van der Waals surface area contributed by atoms with Crippen LogP contribution in [0.5, 0.6) is 11.5 Å². The molecule has 2 unspecified atom stereocenters. The smallest absolute Gasteiger partial charge is 0.161 e. The Morgan fingerprint density at radius 3 is 2.62 bits per heavy atom. The maximum absolute atomic E-state index is 10.0. The van der Waals surface area contributed by atoms with E-state index in [2.05, 4.69) is 12.2 Å². The van der Waals surface area contributed by atoms with Crippen molar-refractivity contribution in [3.8, 4) is 11.5 Å². The monoisotopic (exact) mass is 293 g/mol. The van der Waals surface area contributed by atoms with Crippen LogP contribution in [0.1, 0.15) is 32.6 Å². The molecule has 4 heteroatoms. The highest BCUT2D eigenvalue weighted by atomic mass is 16.5. The molecule has 1 aliphatic rings. The van der Waals surface area contributed by atoms with Crippen LogP contribution in [-0.2, 0) is 0 Å². The second kappa shape index (κ2) is 8.25. The van der Waals surface area contributed by atoms with E-state index in [-0.39, 0.29) is 6.61 Å². The van der Waals surface area contributed by atoms with Gasteiger partial charge in [-0.3, -0.25) is 0 Å². The van der Waals surface area contributed by atoms with Crippen LogP contribution in [0.4, 0.5) is 0 Å². The molecule has 2 N–H and O–H groups in total. The highest BCUT2D eigenvalue weighted by Gasteiger charge is 2.24. The van der Waals surface area contributed by atoms with Crippen LogP contribution in [0.25, 0.3) is 0 Å². The molecule has 0 aliphatic heterocycles. The predicted octanol–water partition coefficient (Wildman–Crippen LogP) is 2.60. The second-order valence-electron chi connectivity index (χ2n) is 5.81. The number of para-hydroxylation sites is 2. The first kappa shape index (κ1) is 16.1. The van der Waals surface area contributed by atoms with Crippen molar-refractivity contribution in [3.63, 3.8) is 0 Å². The lowest BCUT2D eigenvalue weighted by Gasteiger charge is -2.20. The summed E-state index contributed by atoms with van der Waals surface area (Å²) >= 11 is 0. The van der Waals surface area contributed by atoms with Gasteiger partial charge in [0.15, 0.2) is 11.5 Å². The SMILES string of the molecule is CCC(CC1CC1)NCC(O)COc1ccccc1OC. The topological polar surface area (TPSA) is 50.7 Å². The van der Waals surface area contributed by atoms with Crippen LogP contribution < -0.4 is 14.8 Å². The van der Waals surface area contributed by atoms with E-state index in [1.165, 1.54) is 19.3 Å². The minimum absolute atomic E-state index is 0.271. The van der Waals surface area contributed by atoms with Crippen LogP contribution >= 0.6 is 0 Å². The zero-order valence-corrected chi connectivity index (χ0v) is 13.0. The molecule has 2 atom stereocenters. The molecule has 118 valence electrons. The molecular formula is C17H27NO3. The summed E-state index contributed by atoms with van der Waals surface area (Å²) in [4.78, 5) is 0. The van der Waals surface area contributed by atoms with Crippen LogP contribution in [0.3, 0.4) is 0 Å². The molecule has 0 amide bonds. The van der Waals surface area contributed by atoms with Crippen molar-refractivity contribution in [3.05, 3.63) is 24.3 Å². The Morgan fingerprint density at radius 1 is 1.29 bits per heavy atom. The molecule has 1 fully saturated rings. The van der Waals surface area contributed by atoms with Crippen molar-refractivity contribution in [2.75, 3.05) is 20.3 Å². The summed E-state index contributed by atoms with van der Waals surface area (Å²) in [5.74, 6) is 2.27. The lowest BCUT2D eigenvalue weighted by Crippen LogP contribution is -2.38. The van der Waals surface area contributed by atoms with Gasteiger partial charge in [0, 0.05) is 12.6 Å². The van der Waals surface area contributed by atoms with Crippen molar-refractivity contribution in [2.45, 2.75) is 44.8 Å². The van der Waals surface area contributed by atoms with Gasteiger partial charge in [-0.2, -0.15) is 0 Å². The third kappa shape index (κ3) is 5.56. The molecule has 2 rings (SSSR count). The highest BCUT2D eigenvalue weighted by molar-refractivity contribution is 5.39. The number of rotatable bonds is 10. The maximum atomic E-state index is 10.0. The molecule has 0 saturated heterocycles. The molecule has 4 nitrogen and oxygen atoms in total. The third-order valence-corrected chi connectivity index (χ3v) is 3.95. The normalized spacial score (nSPS) is 17.3. The van der Waals surface area contributed by atoms with Crippen LogP contribution in [-0.4, -0.2) is 37.5 Å². The lowest BCUT2D eigenvalue weighted by molar-refractivity contribution is 0.101. The van der Waals surface area contributed by atoms with Gasteiger partial charge in [-0.05, 0) is 30.9 Å². The van der Waals surface area contributed by atoms with Crippen molar-refractivity contribution in [1.29, 1.82) is 0 Å². The Hall–Kier alpha value is -1.26. The van der Waals surface area contributed by atoms with E-state index in [0.29, 0.717) is 24.1 Å². The van der Waals surface area contributed by atoms with Gasteiger partial charge in [0.25, 0.3) is 0 Å². The predicted molar refractivity (Wildman–Crippen MR) is 83.9 cm³/mol. The Morgan fingerprint density at radius 2 is 2.00 bits per heavy atom. The zero-order valence-electron chi connectivity index (χ0n) is 13.0. The van der Waals surface area contributed by atoms with Gasteiger partial charge in [-0.15, -0.1) is 0 Å². The molecule has 0 spiro atoms. The van der Waals surface area contributed by atoms with Crippen LogP contribution in [0.2, 0.25) is 0 Å². The van der Waals surface area contributed by atoms with E-state index in [1.807, 2.05) is 24.3 Å². The second-order valence-corrected chi connectivity index (χ2v) is 5.81. The van der Waals surface area contributed by atoms with Gasteiger partial charge in [0.05, 0.1) is 7.11 Å². The molecule has 0 bridgehead atoms. The van der Waals surface area contributed by atoms with E-state index in [1.54, 1.807) is 7.11 Å². The van der Waals surface area contributed by atoms with E-state index in [0.717, 1.165) is 12.3 Å². The fourth-order valence-electron chi connectivity index (χ4n) is 2.44. The van der Waals surface area contributed by atoms with E-state index in [4.69, 9.17) is 9.47 Å². The molecule has 0 aromatic heterocycles. The Labute approximate surface area is 127 Å². The van der Waals surface area contributed by atoms with E-state index >= 15 is 0 Å². The molecular weight excluding hydrogens is 266 g/mol. The van der Waals surface area contributed by atoms with Crippen molar-refractivity contribution in [1.82, 2.24) is 5.32 Å². The molecule has 1 aromatic carbocycles. The summed E-state index contributed by atoms with van der Waals surface area (Å²) in [6, 6.07) is 8.00. The van der Waals surface area contributed by atoms with Gasteiger partial charge in [0.2, 0.25) is 0 Å². The quantitative estimate of drug-likeness (QED) is 0.696. The number of aliphatic hydroxyl groups is 1. The summed E-state index contributed by atoms with van der Waals surface area (Å²) in [5, 5.41) is 13.5. The molecule has 1 aromatic rings. The number of ether oxygens (including phenoxy) is 2. The van der Waals surface area contributed by atoms with Gasteiger partial charge in [0.1, 0.15) is 12.7 Å². The number of aliphatic hydroxyl groups excluding tert-OH is 1. The van der Waals surface area contributed by atoms with Crippen LogP contribution in [0.15, 0.2) is 24.3 Å². The van der Waals surface area contributed by atoms with Gasteiger partial charge in [-0.25, -0.2) is 0 Å². The summed E-state index contributed by atoms with van der Waals surface area (Å²) in [6.07, 6.45) is 4.57. The Balaban J connectivity index is 1.69. The standard InChI is InChI=1S/C17H27NO3/c1-3-14(10-13-8-9-13)18-11-15(19)12-21-17-7-5-4-6-16(17)20-2/h4-7,13-15,18-19H,3,8-12H2,1-2H3. The molecule has 0 radical (unpaired) electrons. The van der Waals surface area contributed by atoms with Crippen LogP contribution in [0, 0.1) is 5.92 Å². The Bertz CT molecular complexity index is 420. The van der Waals surface area contributed by atoms with Crippen molar-refractivity contribution < 1.29 is 14.6 Å². The first-order chi connectivity index (χ1) is 10.2. The summed E-state index contributed by atoms with van der Waals surface area (Å²) in [6.45, 7) is 3.03. The number of benzene rings is 1. The lowest BCUT2D eigenvalue weighted by atomic mass is 10.1. The highest BCUT2D eigenvalue weighted by Crippen LogP contribution is 2.34. The number of hydrogen-bond acceptors (Lipinski definition) is 4. The van der Waals surface area contributed by atoms with Gasteiger partial charge >= 0.3 is 0 Å². The van der Waals surface area contributed by atoms with E-state index < -0.39 is 6.10 Å². The van der Waals surface area contributed by atoms with Crippen molar-refractivity contribution >= 4 is 0 Å². The Kier molecular flexibility index (Phi) is 6.33. The first-order valence-corrected chi connectivity index (χ1v) is 7.90. The fraction of sp³-hybridized carbons (Fsp3) is 0.647. The minimum Gasteiger partial charge on any atom is -0.493 e. The average molecular weight is 293 g/mol. The van der Waals surface area contributed by atoms with E-state index in [9.17, 15) is 5.11 Å². The summed E-state index contributed by atoms with van der Waals surface area (Å²) < 4.78 is 10.9. The number of nitrogens with one attached hydrogen (secondary N) is 1.